The Hall–Kier alpha value is -1.72. The molecule has 0 fully saturated rings. The molecule has 1 heterocycles. The molecule has 1 aromatic carbocycles. The Labute approximate surface area is 117 Å². The van der Waals surface area contributed by atoms with Crippen molar-refractivity contribution in [2.75, 3.05) is 5.32 Å². The molecule has 98 valence electrons. The van der Waals surface area contributed by atoms with E-state index in [1.165, 1.54) is 12.1 Å². The van der Waals surface area contributed by atoms with Crippen LogP contribution in [0.3, 0.4) is 0 Å². The number of pyridine rings is 1. The Balaban J connectivity index is 2.28. The first kappa shape index (κ1) is 13.7. The third kappa shape index (κ3) is 3.00. The molecule has 0 aliphatic carbocycles. The second-order valence-electron chi connectivity index (χ2n) is 3.55. The van der Waals surface area contributed by atoms with Crippen molar-refractivity contribution in [1.29, 1.82) is 0 Å². The number of hydrogen-bond donors (Lipinski definition) is 1. The van der Waals surface area contributed by atoms with Gasteiger partial charge in [0.05, 0.1) is 10.6 Å². The van der Waals surface area contributed by atoms with Crippen LogP contribution in [-0.2, 0) is 0 Å². The van der Waals surface area contributed by atoms with Crippen molar-refractivity contribution < 1.29 is 13.6 Å². The molecule has 0 bridgehead atoms. The van der Waals surface area contributed by atoms with E-state index in [0.29, 0.717) is 0 Å². The van der Waals surface area contributed by atoms with Crippen molar-refractivity contribution in [3.05, 3.63) is 57.8 Å². The van der Waals surface area contributed by atoms with Crippen molar-refractivity contribution in [2.45, 2.75) is 0 Å². The molecule has 7 heteroatoms. The fourth-order valence-corrected chi connectivity index (χ4v) is 1.62. The van der Waals surface area contributed by atoms with Crippen LogP contribution in [0.1, 0.15) is 10.4 Å². The van der Waals surface area contributed by atoms with E-state index in [0.717, 1.165) is 18.3 Å². The molecule has 1 aromatic heterocycles. The Bertz CT molecular complexity index is 629. The SMILES string of the molecule is O=C(Nc1c(F)cccc1F)c1cnc(Cl)c(Cl)c1. The lowest BCUT2D eigenvalue weighted by molar-refractivity contribution is 0.102. The Morgan fingerprint density at radius 3 is 2.42 bits per heavy atom. The maximum atomic E-state index is 13.4. The number of benzene rings is 1. The number of halogens is 4. The number of rotatable bonds is 2. The molecule has 0 atom stereocenters. The van der Waals surface area contributed by atoms with Gasteiger partial charge in [0.2, 0.25) is 0 Å². The third-order valence-electron chi connectivity index (χ3n) is 2.26. The predicted octanol–water partition coefficient (Wildman–Crippen LogP) is 3.92. The van der Waals surface area contributed by atoms with Gasteiger partial charge in [0.15, 0.2) is 0 Å². The van der Waals surface area contributed by atoms with E-state index in [9.17, 15) is 13.6 Å². The standard InChI is InChI=1S/C12H6Cl2F2N2O/c13-7-4-6(5-17-11(7)14)12(19)18-10-8(15)2-1-3-9(10)16/h1-5H,(H,18,19). The van der Waals surface area contributed by atoms with Crippen LogP contribution in [0.5, 0.6) is 0 Å². The van der Waals surface area contributed by atoms with Gasteiger partial charge in [-0.1, -0.05) is 29.3 Å². The van der Waals surface area contributed by atoms with Gasteiger partial charge in [-0.15, -0.1) is 0 Å². The van der Waals surface area contributed by atoms with Gasteiger partial charge in [0.1, 0.15) is 22.5 Å². The molecule has 0 unspecified atom stereocenters. The largest absolute Gasteiger partial charge is 0.317 e. The molecule has 3 nitrogen and oxygen atoms in total. The van der Waals surface area contributed by atoms with Gasteiger partial charge in [-0.2, -0.15) is 0 Å². The molecule has 0 radical (unpaired) electrons. The van der Waals surface area contributed by atoms with Crippen LogP contribution >= 0.6 is 23.2 Å². The lowest BCUT2D eigenvalue weighted by atomic mass is 10.2. The van der Waals surface area contributed by atoms with E-state index in [-0.39, 0.29) is 15.7 Å². The quantitative estimate of drug-likeness (QED) is 0.854. The molecular formula is C12H6Cl2F2N2O. The molecule has 1 amide bonds. The number of nitrogens with zero attached hydrogens (tertiary/aromatic N) is 1. The van der Waals surface area contributed by atoms with E-state index < -0.39 is 23.2 Å². The van der Waals surface area contributed by atoms with Crippen LogP contribution in [0.15, 0.2) is 30.5 Å². The van der Waals surface area contributed by atoms with Crippen LogP contribution in [0.25, 0.3) is 0 Å². The molecule has 1 N–H and O–H groups in total. The number of carbonyl (C=O) groups excluding carboxylic acids is 1. The zero-order chi connectivity index (χ0) is 14.0. The molecule has 2 rings (SSSR count). The second kappa shape index (κ2) is 5.50. The topological polar surface area (TPSA) is 42.0 Å². The summed E-state index contributed by atoms with van der Waals surface area (Å²) in [6.45, 7) is 0. The van der Waals surface area contributed by atoms with Gasteiger partial charge in [-0.05, 0) is 18.2 Å². The summed E-state index contributed by atoms with van der Waals surface area (Å²) in [4.78, 5) is 15.5. The van der Waals surface area contributed by atoms with E-state index >= 15 is 0 Å². The number of aromatic nitrogens is 1. The molecule has 0 spiro atoms. The lowest BCUT2D eigenvalue weighted by Crippen LogP contribution is -2.14. The van der Waals surface area contributed by atoms with Gasteiger partial charge in [0, 0.05) is 6.20 Å². The monoisotopic (exact) mass is 302 g/mol. The minimum Gasteiger partial charge on any atom is -0.317 e. The summed E-state index contributed by atoms with van der Waals surface area (Å²) in [5, 5.41) is 2.22. The highest BCUT2D eigenvalue weighted by Gasteiger charge is 2.14. The summed E-state index contributed by atoms with van der Waals surface area (Å²) in [6, 6.07) is 4.52. The maximum Gasteiger partial charge on any atom is 0.257 e. The molecular weight excluding hydrogens is 297 g/mol. The summed E-state index contributed by atoms with van der Waals surface area (Å²) in [6.07, 6.45) is 1.16. The highest BCUT2D eigenvalue weighted by molar-refractivity contribution is 6.41. The van der Waals surface area contributed by atoms with Gasteiger partial charge < -0.3 is 5.32 Å². The summed E-state index contributed by atoms with van der Waals surface area (Å²) >= 11 is 11.3. The van der Waals surface area contributed by atoms with Crippen LogP contribution in [0, 0.1) is 11.6 Å². The lowest BCUT2D eigenvalue weighted by Gasteiger charge is -2.07. The number of hydrogen-bond acceptors (Lipinski definition) is 2. The number of nitrogens with one attached hydrogen (secondary N) is 1. The van der Waals surface area contributed by atoms with Crippen molar-refractivity contribution >= 4 is 34.8 Å². The summed E-state index contributed by atoms with van der Waals surface area (Å²) in [5.74, 6) is -2.49. The highest BCUT2D eigenvalue weighted by atomic mass is 35.5. The molecule has 2 aromatic rings. The molecule has 0 aliphatic rings. The van der Waals surface area contributed by atoms with Crippen LogP contribution in [0.2, 0.25) is 10.2 Å². The smallest absolute Gasteiger partial charge is 0.257 e. The Kier molecular flexibility index (Phi) is 3.97. The number of para-hydroxylation sites is 1. The minimum atomic E-state index is -0.874. The normalized spacial score (nSPS) is 10.3. The third-order valence-corrected chi connectivity index (χ3v) is 2.95. The second-order valence-corrected chi connectivity index (χ2v) is 4.31. The van der Waals surface area contributed by atoms with Crippen molar-refractivity contribution in [2.24, 2.45) is 0 Å². The zero-order valence-electron chi connectivity index (χ0n) is 9.25. The van der Waals surface area contributed by atoms with Crippen LogP contribution in [0.4, 0.5) is 14.5 Å². The first-order chi connectivity index (χ1) is 8.99. The molecule has 0 aliphatic heterocycles. The molecule has 0 saturated heterocycles. The molecule has 0 saturated carbocycles. The summed E-state index contributed by atoms with van der Waals surface area (Å²) < 4.78 is 26.7. The fraction of sp³-hybridized carbons (Fsp3) is 0. The van der Waals surface area contributed by atoms with Crippen LogP contribution in [-0.4, -0.2) is 10.9 Å². The minimum absolute atomic E-state index is 0.0373. The number of carbonyl (C=O) groups is 1. The van der Waals surface area contributed by atoms with Crippen LogP contribution < -0.4 is 5.32 Å². The average Bonchev–Trinajstić information content (AvgIpc) is 2.37. The van der Waals surface area contributed by atoms with Crippen molar-refractivity contribution in [3.63, 3.8) is 0 Å². The van der Waals surface area contributed by atoms with E-state index in [2.05, 4.69) is 10.3 Å². The summed E-state index contributed by atoms with van der Waals surface area (Å²) in [7, 11) is 0. The predicted molar refractivity (Wildman–Crippen MR) is 68.6 cm³/mol. The van der Waals surface area contributed by atoms with Crippen molar-refractivity contribution in [3.8, 4) is 0 Å². The first-order valence-corrected chi connectivity index (χ1v) is 5.81. The Morgan fingerprint density at radius 2 is 1.84 bits per heavy atom. The van der Waals surface area contributed by atoms with Crippen molar-refractivity contribution in [1.82, 2.24) is 4.98 Å². The Morgan fingerprint density at radius 1 is 1.21 bits per heavy atom. The van der Waals surface area contributed by atoms with Gasteiger partial charge in [-0.25, -0.2) is 13.8 Å². The summed E-state index contributed by atoms with van der Waals surface area (Å²) in [5.41, 5.74) is -0.490. The zero-order valence-corrected chi connectivity index (χ0v) is 10.8. The van der Waals surface area contributed by atoms with E-state index in [1.54, 1.807) is 0 Å². The van der Waals surface area contributed by atoms with E-state index in [1.807, 2.05) is 0 Å². The van der Waals surface area contributed by atoms with Gasteiger partial charge in [0.25, 0.3) is 5.91 Å². The van der Waals surface area contributed by atoms with Gasteiger partial charge >= 0.3 is 0 Å². The van der Waals surface area contributed by atoms with E-state index in [4.69, 9.17) is 23.2 Å². The highest BCUT2D eigenvalue weighted by Crippen LogP contribution is 2.22. The first-order valence-electron chi connectivity index (χ1n) is 5.05. The average molecular weight is 303 g/mol. The maximum absolute atomic E-state index is 13.4. The fourth-order valence-electron chi connectivity index (χ4n) is 1.35. The van der Waals surface area contributed by atoms with Gasteiger partial charge in [-0.3, -0.25) is 4.79 Å². The number of amides is 1. The number of anilines is 1. The molecule has 19 heavy (non-hydrogen) atoms.